The lowest BCUT2D eigenvalue weighted by molar-refractivity contribution is -0.119. The number of benzene rings is 1. The number of carbonyl (C=O) groups excluding carboxylic acids is 1. The lowest BCUT2D eigenvalue weighted by Crippen LogP contribution is -2.19. The first-order valence-corrected chi connectivity index (χ1v) is 5.55. The second-order valence-electron chi connectivity index (χ2n) is 3.12. The van der Waals surface area contributed by atoms with Gasteiger partial charge in [0, 0.05) is 17.1 Å². The standard InChI is InChI=1S/C11H10N2O2S/c12-10(14)7-15-9-3-1-8(2-4-9)11-13-5-6-16-11/h1-6H,7H2,(H2,12,14). The molecule has 0 fully saturated rings. The second-order valence-corrected chi connectivity index (χ2v) is 4.01. The van der Waals surface area contributed by atoms with Gasteiger partial charge in [-0.2, -0.15) is 0 Å². The molecule has 1 aromatic heterocycles. The first kappa shape index (κ1) is 10.6. The lowest BCUT2D eigenvalue weighted by Gasteiger charge is -2.03. The molecule has 0 aliphatic carbocycles. The Bertz CT molecular complexity index is 465. The Morgan fingerprint density at radius 1 is 1.38 bits per heavy atom. The molecule has 1 heterocycles. The largest absolute Gasteiger partial charge is 0.484 e. The van der Waals surface area contributed by atoms with E-state index < -0.39 is 5.91 Å². The molecule has 0 atom stereocenters. The molecule has 0 spiro atoms. The molecular formula is C11H10N2O2S. The molecule has 1 amide bonds. The van der Waals surface area contributed by atoms with Gasteiger partial charge in [0.2, 0.25) is 0 Å². The highest BCUT2D eigenvalue weighted by atomic mass is 32.1. The van der Waals surface area contributed by atoms with Gasteiger partial charge < -0.3 is 10.5 Å². The Kier molecular flexibility index (Phi) is 3.16. The smallest absolute Gasteiger partial charge is 0.255 e. The van der Waals surface area contributed by atoms with Crippen molar-refractivity contribution < 1.29 is 9.53 Å². The number of hydrogen-bond acceptors (Lipinski definition) is 4. The zero-order valence-electron chi connectivity index (χ0n) is 8.42. The van der Waals surface area contributed by atoms with Crippen LogP contribution >= 0.6 is 11.3 Å². The normalized spacial score (nSPS) is 10.0. The summed E-state index contributed by atoms with van der Waals surface area (Å²) in [4.78, 5) is 14.7. The molecule has 2 aromatic rings. The van der Waals surface area contributed by atoms with Gasteiger partial charge in [0.1, 0.15) is 10.8 Å². The molecule has 2 N–H and O–H groups in total. The summed E-state index contributed by atoms with van der Waals surface area (Å²) in [5, 5.41) is 2.88. The molecule has 0 bridgehead atoms. The maximum Gasteiger partial charge on any atom is 0.255 e. The molecule has 0 aliphatic rings. The van der Waals surface area contributed by atoms with Gasteiger partial charge in [-0.05, 0) is 24.3 Å². The number of nitrogens with zero attached hydrogens (tertiary/aromatic N) is 1. The Morgan fingerprint density at radius 3 is 2.69 bits per heavy atom. The lowest BCUT2D eigenvalue weighted by atomic mass is 10.2. The first-order valence-electron chi connectivity index (χ1n) is 4.67. The molecule has 16 heavy (non-hydrogen) atoms. The van der Waals surface area contributed by atoms with Crippen LogP contribution in [0.15, 0.2) is 35.8 Å². The fourth-order valence-corrected chi connectivity index (χ4v) is 1.86. The highest BCUT2D eigenvalue weighted by Gasteiger charge is 2.01. The first-order chi connectivity index (χ1) is 7.75. The van der Waals surface area contributed by atoms with Gasteiger partial charge in [-0.3, -0.25) is 4.79 Å². The molecule has 0 saturated carbocycles. The number of amides is 1. The number of nitrogens with two attached hydrogens (primary N) is 1. The Hall–Kier alpha value is -1.88. The van der Waals surface area contributed by atoms with Crippen molar-refractivity contribution in [2.45, 2.75) is 0 Å². The van der Waals surface area contributed by atoms with Crippen molar-refractivity contribution in [3.05, 3.63) is 35.8 Å². The van der Waals surface area contributed by atoms with E-state index in [9.17, 15) is 4.79 Å². The maximum atomic E-state index is 10.5. The number of rotatable bonds is 4. The number of primary amides is 1. The van der Waals surface area contributed by atoms with Crippen molar-refractivity contribution in [2.75, 3.05) is 6.61 Å². The van der Waals surface area contributed by atoms with Crippen molar-refractivity contribution >= 4 is 17.2 Å². The molecule has 0 unspecified atom stereocenters. The minimum Gasteiger partial charge on any atom is -0.484 e. The monoisotopic (exact) mass is 234 g/mol. The molecule has 0 saturated heterocycles. The Morgan fingerprint density at radius 2 is 2.12 bits per heavy atom. The summed E-state index contributed by atoms with van der Waals surface area (Å²) in [5.41, 5.74) is 6.00. The quantitative estimate of drug-likeness (QED) is 0.875. The van der Waals surface area contributed by atoms with E-state index in [1.54, 1.807) is 29.7 Å². The van der Waals surface area contributed by atoms with Crippen LogP contribution in [0.1, 0.15) is 0 Å². The summed E-state index contributed by atoms with van der Waals surface area (Å²) in [6, 6.07) is 7.38. The summed E-state index contributed by atoms with van der Waals surface area (Å²) < 4.78 is 5.15. The van der Waals surface area contributed by atoms with E-state index in [2.05, 4.69) is 4.98 Å². The van der Waals surface area contributed by atoms with Gasteiger partial charge in [-0.25, -0.2) is 4.98 Å². The molecular weight excluding hydrogens is 224 g/mol. The highest BCUT2D eigenvalue weighted by molar-refractivity contribution is 7.13. The van der Waals surface area contributed by atoms with E-state index in [1.807, 2.05) is 17.5 Å². The number of aromatic nitrogens is 1. The second kappa shape index (κ2) is 4.76. The Balaban J connectivity index is 2.08. The molecule has 1 aromatic carbocycles. The van der Waals surface area contributed by atoms with Crippen molar-refractivity contribution in [3.63, 3.8) is 0 Å². The van der Waals surface area contributed by atoms with Crippen molar-refractivity contribution in [3.8, 4) is 16.3 Å². The van der Waals surface area contributed by atoms with E-state index >= 15 is 0 Å². The van der Waals surface area contributed by atoms with Crippen molar-refractivity contribution in [1.82, 2.24) is 4.98 Å². The zero-order valence-corrected chi connectivity index (χ0v) is 9.24. The van der Waals surface area contributed by atoms with E-state index in [0.29, 0.717) is 5.75 Å². The average molecular weight is 234 g/mol. The predicted molar refractivity (Wildman–Crippen MR) is 62.2 cm³/mol. The topological polar surface area (TPSA) is 65.2 Å². The summed E-state index contributed by atoms with van der Waals surface area (Å²) in [5.74, 6) is 0.142. The summed E-state index contributed by atoms with van der Waals surface area (Å²) >= 11 is 1.57. The van der Waals surface area contributed by atoms with Crippen LogP contribution in [-0.2, 0) is 4.79 Å². The summed E-state index contributed by atoms with van der Waals surface area (Å²) in [6.45, 7) is -0.101. The van der Waals surface area contributed by atoms with Gasteiger partial charge in [-0.15, -0.1) is 11.3 Å². The van der Waals surface area contributed by atoms with E-state index in [1.165, 1.54) is 0 Å². The average Bonchev–Trinajstić information content (AvgIpc) is 2.80. The number of carbonyl (C=O) groups is 1. The van der Waals surface area contributed by atoms with Crippen LogP contribution in [0, 0.1) is 0 Å². The number of thiazole rings is 1. The third kappa shape index (κ3) is 2.58. The van der Waals surface area contributed by atoms with Gasteiger partial charge in [-0.1, -0.05) is 0 Å². The molecule has 82 valence electrons. The fraction of sp³-hybridized carbons (Fsp3) is 0.0909. The minimum absolute atomic E-state index is 0.101. The van der Waals surface area contributed by atoms with Gasteiger partial charge in [0.05, 0.1) is 0 Å². The molecule has 0 radical (unpaired) electrons. The predicted octanol–water partition coefficient (Wildman–Crippen LogP) is 1.67. The summed E-state index contributed by atoms with van der Waals surface area (Å²) in [7, 11) is 0. The van der Waals surface area contributed by atoms with Gasteiger partial charge in [0.15, 0.2) is 6.61 Å². The SMILES string of the molecule is NC(=O)COc1ccc(-c2nccs2)cc1. The van der Waals surface area contributed by atoms with E-state index in [-0.39, 0.29) is 6.61 Å². The fourth-order valence-electron chi connectivity index (χ4n) is 1.21. The Labute approximate surface area is 96.7 Å². The van der Waals surface area contributed by atoms with Crippen LogP contribution in [0.2, 0.25) is 0 Å². The van der Waals surface area contributed by atoms with Crippen LogP contribution in [0.3, 0.4) is 0 Å². The van der Waals surface area contributed by atoms with E-state index in [4.69, 9.17) is 10.5 Å². The number of ether oxygens (including phenoxy) is 1. The van der Waals surface area contributed by atoms with Crippen LogP contribution < -0.4 is 10.5 Å². The van der Waals surface area contributed by atoms with E-state index in [0.717, 1.165) is 10.6 Å². The highest BCUT2D eigenvalue weighted by Crippen LogP contribution is 2.23. The zero-order chi connectivity index (χ0) is 11.4. The van der Waals surface area contributed by atoms with Crippen LogP contribution in [0.5, 0.6) is 5.75 Å². The third-order valence-corrected chi connectivity index (χ3v) is 2.74. The maximum absolute atomic E-state index is 10.5. The van der Waals surface area contributed by atoms with Crippen LogP contribution in [-0.4, -0.2) is 17.5 Å². The number of hydrogen-bond donors (Lipinski definition) is 1. The molecule has 0 aliphatic heterocycles. The minimum atomic E-state index is -0.482. The van der Waals surface area contributed by atoms with Gasteiger partial charge >= 0.3 is 0 Å². The molecule has 5 heteroatoms. The van der Waals surface area contributed by atoms with Crippen molar-refractivity contribution in [1.29, 1.82) is 0 Å². The van der Waals surface area contributed by atoms with Crippen molar-refractivity contribution in [2.24, 2.45) is 5.73 Å². The van der Waals surface area contributed by atoms with Gasteiger partial charge in [0.25, 0.3) is 5.91 Å². The van der Waals surface area contributed by atoms with Crippen LogP contribution in [0.25, 0.3) is 10.6 Å². The molecule has 4 nitrogen and oxygen atoms in total. The van der Waals surface area contributed by atoms with Crippen LogP contribution in [0.4, 0.5) is 0 Å². The third-order valence-electron chi connectivity index (χ3n) is 1.91. The molecule has 2 rings (SSSR count). The summed E-state index contributed by atoms with van der Waals surface area (Å²) in [6.07, 6.45) is 1.76.